The maximum absolute atomic E-state index is 9.94. The molecule has 0 saturated carbocycles. The quantitative estimate of drug-likeness (QED) is 0.581. The van der Waals surface area contributed by atoms with Crippen molar-refractivity contribution in [3.8, 4) is 29.3 Å². The second-order valence-corrected chi connectivity index (χ2v) is 7.16. The van der Waals surface area contributed by atoms with Crippen LogP contribution in [-0.4, -0.2) is 38.0 Å². The lowest BCUT2D eigenvalue weighted by molar-refractivity contribution is 0.186. The van der Waals surface area contributed by atoms with Crippen LogP contribution in [-0.2, 0) is 0 Å². The summed E-state index contributed by atoms with van der Waals surface area (Å²) in [7, 11) is 0. The maximum atomic E-state index is 9.94. The minimum absolute atomic E-state index is 0.0851. The van der Waals surface area contributed by atoms with Gasteiger partial charge in [0.25, 0.3) is 0 Å². The van der Waals surface area contributed by atoms with Gasteiger partial charge < -0.3 is 20.3 Å². The summed E-state index contributed by atoms with van der Waals surface area (Å²) in [6, 6.07) is 8.67. The summed E-state index contributed by atoms with van der Waals surface area (Å²) in [5.41, 5.74) is 7.09. The molecule has 0 fully saturated rings. The molecule has 9 nitrogen and oxygen atoms in total. The van der Waals surface area contributed by atoms with Crippen LogP contribution in [0, 0.1) is 24.2 Å². The smallest absolute Gasteiger partial charge is 0.226 e. The van der Waals surface area contributed by atoms with Gasteiger partial charge in [-0.3, -0.25) is 0 Å². The molecule has 3 aromatic rings. The van der Waals surface area contributed by atoms with Crippen LogP contribution in [0.5, 0.6) is 17.5 Å². The molecule has 156 valence electrons. The summed E-state index contributed by atoms with van der Waals surface area (Å²) in [6.07, 6.45) is 2.38. The highest BCUT2D eigenvalue weighted by Gasteiger charge is 2.15. The van der Waals surface area contributed by atoms with Crippen LogP contribution in [0.2, 0.25) is 0 Å². The molecule has 2 heterocycles. The van der Waals surface area contributed by atoms with Crippen molar-refractivity contribution in [3.63, 3.8) is 0 Å². The van der Waals surface area contributed by atoms with E-state index in [1.807, 2.05) is 13.8 Å². The largest absolute Gasteiger partial charge is 0.477 e. The zero-order valence-electron chi connectivity index (χ0n) is 17.1. The normalized spacial score (nSPS) is 11.9. The van der Waals surface area contributed by atoms with E-state index < -0.39 is 6.10 Å². The molecule has 0 aliphatic heterocycles. The van der Waals surface area contributed by atoms with E-state index >= 15 is 0 Å². The Labute approximate surface area is 174 Å². The van der Waals surface area contributed by atoms with Gasteiger partial charge in [-0.2, -0.15) is 20.3 Å². The standard InChI is InChI=1S/C21H24N6O3/c1-13(2)12-29-20-7-21(26-14(3)25-20)30-19-6-15(8-22)4-5-17(19)27-11-16(10-24-27)18(28)9-23/h4-7,10-11,13,18,28H,9,12,23H2,1-3H3/t18-/m0/s1. The zero-order valence-corrected chi connectivity index (χ0v) is 17.1. The number of rotatable bonds is 8. The Morgan fingerprint density at radius 1 is 1.23 bits per heavy atom. The molecule has 0 unspecified atom stereocenters. The van der Waals surface area contributed by atoms with Crippen molar-refractivity contribution in [1.29, 1.82) is 5.26 Å². The van der Waals surface area contributed by atoms with E-state index in [-0.39, 0.29) is 12.4 Å². The lowest BCUT2D eigenvalue weighted by Gasteiger charge is -2.13. The van der Waals surface area contributed by atoms with Crippen molar-refractivity contribution >= 4 is 0 Å². The molecule has 9 heteroatoms. The molecule has 3 rings (SSSR count). The third kappa shape index (κ3) is 5.11. The first-order valence-electron chi connectivity index (χ1n) is 9.53. The molecular weight excluding hydrogens is 384 g/mol. The highest BCUT2D eigenvalue weighted by atomic mass is 16.5. The second-order valence-electron chi connectivity index (χ2n) is 7.16. The number of hydrogen-bond donors (Lipinski definition) is 2. The minimum atomic E-state index is -0.813. The van der Waals surface area contributed by atoms with Crippen molar-refractivity contribution in [2.45, 2.75) is 26.9 Å². The number of nitriles is 1. The molecule has 0 bridgehead atoms. The van der Waals surface area contributed by atoms with Crippen LogP contribution in [0.15, 0.2) is 36.7 Å². The van der Waals surface area contributed by atoms with E-state index in [4.69, 9.17) is 15.2 Å². The zero-order chi connectivity index (χ0) is 21.7. The van der Waals surface area contributed by atoms with Gasteiger partial charge in [0.05, 0.1) is 36.6 Å². The van der Waals surface area contributed by atoms with Crippen LogP contribution in [0.1, 0.15) is 36.9 Å². The van der Waals surface area contributed by atoms with Crippen molar-refractivity contribution in [3.05, 3.63) is 53.6 Å². The van der Waals surface area contributed by atoms with E-state index in [0.717, 1.165) is 0 Å². The van der Waals surface area contributed by atoms with Gasteiger partial charge >= 0.3 is 0 Å². The summed E-state index contributed by atoms with van der Waals surface area (Å²) >= 11 is 0. The van der Waals surface area contributed by atoms with Crippen LogP contribution in [0.25, 0.3) is 5.69 Å². The number of nitrogens with zero attached hydrogens (tertiary/aromatic N) is 5. The van der Waals surface area contributed by atoms with Crippen molar-refractivity contribution in [2.75, 3.05) is 13.2 Å². The number of nitrogens with two attached hydrogens (primary N) is 1. The summed E-state index contributed by atoms with van der Waals surface area (Å²) in [5.74, 6) is 1.92. The number of hydrogen-bond acceptors (Lipinski definition) is 8. The Kier molecular flexibility index (Phi) is 6.61. The summed E-state index contributed by atoms with van der Waals surface area (Å²) in [5, 5.41) is 23.5. The third-order valence-corrected chi connectivity index (χ3v) is 4.12. The summed E-state index contributed by atoms with van der Waals surface area (Å²) in [6.45, 7) is 6.44. The van der Waals surface area contributed by atoms with E-state index in [0.29, 0.717) is 46.8 Å². The Morgan fingerprint density at radius 3 is 2.70 bits per heavy atom. The molecular formula is C21H24N6O3. The van der Waals surface area contributed by atoms with E-state index in [1.165, 1.54) is 6.20 Å². The second kappa shape index (κ2) is 9.35. The minimum Gasteiger partial charge on any atom is -0.477 e. The fourth-order valence-corrected chi connectivity index (χ4v) is 2.64. The van der Waals surface area contributed by atoms with Crippen molar-refractivity contribution in [2.24, 2.45) is 11.7 Å². The van der Waals surface area contributed by atoms with E-state index in [2.05, 4.69) is 21.1 Å². The van der Waals surface area contributed by atoms with Gasteiger partial charge in [0.1, 0.15) is 11.5 Å². The molecule has 2 aromatic heterocycles. The molecule has 0 saturated heterocycles. The predicted molar refractivity (Wildman–Crippen MR) is 109 cm³/mol. The lowest BCUT2D eigenvalue weighted by atomic mass is 10.2. The first-order valence-corrected chi connectivity index (χ1v) is 9.53. The number of benzene rings is 1. The average Bonchev–Trinajstić information content (AvgIpc) is 3.21. The molecule has 0 aliphatic carbocycles. The molecule has 1 aromatic carbocycles. The van der Waals surface area contributed by atoms with Crippen LogP contribution in [0.4, 0.5) is 0 Å². The fraction of sp³-hybridized carbons (Fsp3) is 0.333. The predicted octanol–water partition coefficient (Wildman–Crippen LogP) is 2.66. The SMILES string of the molecule is Cc1nc(OCC(C)C)cc(Oc2cc(C#N)ccc2-n2cc([C@@H](O)CN)cn2)n1. The highest BCUT2D eigenvalue weighted by Crippen LogP contribution is 2.30. The number of aryl methyl sites for hydroxylation is 1. The summed E-state index contributed by atoms with van der Waals surface area (Å²) in [4.78, 5) is 8.58. The van der Waals surface area contributed by atoms with E-state index in [9.17, 15) is 10.4 Å². The van der Waals surface area contributed by atoms with Crippen LogP contribution < -0.4 is 15.2 Å². The first kappa shape index (κ1) is 21.2. The van der Waals surface area contributed by atoms with Crippen LogP contribution >= 0.6 is 0 Å². The number of aromatic nitrogens is 4. The van der Waals surface area contributed by atoms with Crippen LogP contribution in [0.3, 0.4) is 0 Å². The van der Waals surface area contributed by atoms with Gasteiger partial charge in [-0.1, -0.05) is 13.8 Å². The van der Waals surface area contributed by atoms with E-state index in [1.54, 1.807) is 42.1 Å². The van der Waals surface area contributed by atoms with Gasteiger partial charge in [0.2, 0.25) is 11.8 Å². The third-order valence-electron chi connectivity index (χ3n) is 4.12. The van der Waals surface area contributed by atoms with Gasteiger partial charge in [-0.05, 0) is 25.0 Å². The average molecular weight is 408 g/mol. The maximum Gasteiger partial charge on any atom is 0.226 e. The number of aliphatic hydroxyl groups is 1. The Hall–Kier alpha value is -3.48. The number of aliphatic hydroxyl groups excluding tert-OH is 1. The topological polar surface area (TPSA) is 132 Å². The van der Waals surface area contributed by atoms with Crippen molar-refractivity contribution < 1.29 is 14.6 Å². The monoisotopic (exact) mass is 408 g/mol. The van der Waals surface area contributed by atoms with Gasteiger partial charge in [0, 0.05) is 24.4 Å². The van der Waals surface area contributed by atoms with Gasteiger partial charge in [0.15, 0.2) is 5.75 Å². The molecule has 3 N–H and O–H groups in total. The molecule has 1 atom stereocenters. The summed E-state index contributed by atoms with van der Waals surface area (Å²) < 4.78 is 13.2. The first-order chi connectivity index (χ1) is 14.4. The molecule has 0 spiro atoms. The number of ether oxygens (including phenoxy) is 2. The Balaban J connectivity index is 1.96. The van der Waals surface area contributed by atoms with Crippen molar-refractivity contribution in [1.82, 2.24) is 19.7 Å². The highest BCUT2D eigenvalue weighted by molar-refractivity contribution is 5.52. The molecule has 0 radical (unpaired) electrons. The van der Waals surface area contributed by atoms with Gasteiger partial charge in [-0.25, -0.2) is 4.68 Å². The molecule has 0 amide bonds. The Bertz CT molecular complexity index is 1060. The van der Waals surface area contributed by atoms with Gasteiger partial charge in [-0.15, -0.1) is 0 Å². The Morgan fingerprint density at radius 2 is 2.00 bits per heavy atom. The molecule has 0 aliphatic rings. The lowest BCUT2D eigenvalue weighted by Crippen LogP contribution is -2.10. The fourth-order valence-electron chi connectivity index (χ4n) is 2.64. The molecule has 30 heavy (non-hydrogen) atoms.